The summed E-state index contributed by atoms with van der Waals surface area (Å²) in [5.74, 6) is 0.364. The van der Waals surface area contributed by atoms with Gasteiger partial charge in [-0.25, -0.2) is 4.39 Å². The number of aryl methyl sites for hydroxylation is 1. The van der Waals surface area contributed by atoms with Gasteiger partial charge < -0.3 is 4.74 Å². The molecule has 0 atom stereocenters. The van der Waals surface area contributed by atoms with Crippen LogP contribution < -0.4 is 4.74 Å². The van der Waals surface area contributed by atoms with Crippen LogP contribution in [0.15, 0.2) is 71.7 Å². The number of hydrogen-bond donors (Lipinski definition) is 0. The molecule has 3 aromatic carbocycles. The third-order valence-electron chi connectivity index (χ3n) is 3.64. The zero-order chi connectivity index (χ0) is 17.6. The minimum Gasteiger partial charge on any atom is -0.488 e. The van der Waals surface area contributed by atoms with Crippen molar-refractivity contribution in [2.24, 2.45) is 4.99 Å². The topological polar surface area (TPSA) is 21.6 Å². The van der Waals surface area contributed by atoms with Gasteiger partial charge in [-0.3, -0.25) is 4.99 Å². The average Bonchev–Trinajstić information content (AvgIpc) is 2.60. The summed E-state index contributed by atoms with van der Waals surface area (Å²) in [6, 6.07) is 19.6. The highest BCUT2D eigenvalue weighted by molar-refractivity contribution is 6.30. The van der Waals surface area contributed by atoms with Crippen LogP contribution in [0.25, 0.3) is 0 Å². The Bertz CT molecular complexity index is 891. The van der Waals surface area contributed by atoms with Crippen LogP contribution in [0.2, 0.25) is 5.02 Å². The van der Waals surface area contributed by atoms with E-state index in [1.165, 1.54) is 17.7 Å². The molecule has 0 aliphatic rings. The summed E-state index contributed by atoms with van der Waals surface area (Å²) in [6.07, 6.45) is 1.72. The lowest BCUT2D eigenvalue weighted by atomic mass is 10.2. The molecule has 0 N–H and O–H groups in total. The summed E-state index contributed by atoms with van der Waals surface area (Å²) in [4.78, 5) is 4.46. The van der Waals surface area contributed by atoms with Gasteiger partial charge in [0.15, 0.2) is 0 Å². The third kappa shape index (κ3) is 4.91. The Hall–Kier alpha value is -2.65. The summed E-state index contributed by atoms with van der Waals surface area (Å²) in [5, 5.41) is 0.600. The van der Waals surface area contributed by atoms with Gasteiger partial charge in [-0.1, -0.05) is 41.4 Å². The molecule has 0 saturated heterocycles. The van der Waals surface area contributed by atoms with Gasteiger partial charge >= 0.3 is 0 Å². The van der Waals surface area contributed by atoms with Gasteiger partial charge in [-0.2, -0.15) is 0 Å². The van der Waals surface area contributed by atoms with E-state index in [2.05, 4.69) is 4.99 Å². The first-order valence-corrected chi connectivity index (χ1v) is 8.25. The Labute approximate surface area is 151 Å². The summed E-state index contributed by atoms with van der Waals surface area (Å²) in [7, 11) is 0. The summed E-state index contributed by atoms with van der Waals surface area (Å²) in [5.41, 5.74) is 3.56. The molecule has 3 aromatic rings. The standard InChI is InChI=1S/C21H17ClFNO/c1-15-5-8-20(9-6-15)24-13-17-12-18(22)7-10-21(17)25-14-16-3-2-4-19(23)11-16/h2-13H,14H2,1H3. The Morgan fingerprint density at radius 2 is 1.84 bits per heavy atom. The molecule has 0 aromatic heterocycles. The highest BCUT2D eigenvalue weighted by Crippen LogP contribution is 2.23. The van der Waals surface area contributed by atoms with Crippen molar-refractivity contribution < 1.29 is 9.13 Å². The number of aliphatic imine (C=N–C) groups is 1. The van der Waals surface area contributed by atoms with E-state index in [1.807, 2.05) is 37.3 Å². The highest BCUT2D eigenvalue weighted by Gasteiger charge is 2.04. The number of benzene rings is 3. The SMILES string of the molecule is Cc1ccc(N=Cc2cc(Cl)ccc2OCc2cccc(F)c2)cc1. The molecule has 3 rings (SSSR count). The molecule has 0 unspecified atom stereocenters. The molecule has 0 saturated carbocycles. The Morgan fingerprint density at radius 1 is 1.04 bits per heavy atom. The van der Waals surface area contributed by atoms with E-state index in [1.54, 1.807) is 30.5 Å². The zero-order valence-electron chi connectivity index (χ0n) is 13.7. The van der Waals surface area contributed by atoms with E-state index in [4.69, 9.17) is 16.3 Å². The van der Waals surface area contributed by atoms with Gasteiger partial charge in [-0.05, 0) is 55.0 Å². The molecule has 0 fully saturated rings. The van der Waals surface area contributed by atoms with Crippen LogP contribution in [0.1, 0.15) is 16.7 Å². The van der Waals surface area contributed by atoms with Crippen molar-refractivity contribution in [2.45, 2.75) is 13.5 Å². The first-order chi connectivity index (χ1) is 12.1. The molecule has 0 amide bonds. The largest absolute Gasteiger partial charge is 0.488 e. The number of hydrogen-bond acceptors (Lipinski definition) is 2. The van der Waals surface area contributed by atoms with Gasteiger partial charge in [0.2, 0.25) is 0 Å². The lowest BCUT2D eigenvalue weighted by molar-refractivity contribution is 0.305. The molecule has 0 bridgehead atoms. The molecule has 0 radical (unpaired) electrons. The molecule has 0 spiro atoms. The highest BCUT2D eigenvalue weighted by atomic mass is 35.5. The van der Waals surface area contributed by atoms with Crippen LogP contribution in [0, 0.1) is 12.7 Å². The van der Waals surface area contributed by atoms with E-state index >= 15 is 0 Å². The van der Waals surface area contributed by atoms with E-state index in [9.17, 15) is 4.39 Å². The second kappa shape index (κ2) is 7.95. The molecular weight excluding hydrogens is 337 g/mol. The molecule has 0 aliphatic heterocycles. The minimum absolute atomic E-state index is 0.269. The van der Waals surface area contributed by atoms with Gasteiger partial charge in [0, 0.05) is 16.8 Å². The van der Waals surface area contributed by atoms with Crippen molar-refractivity contribution in [3.05, 3.63) is 94.3 Å². The van der Waals surface area contributed by atoms with Crippen molar-refractivity contribution in [3.8, 4) is 5.75 Å². The maximum Gasteiger partial charge on any atom is 0.128 e. The third-order valence-corrected chi connectivity index (χ3v) is 3.88. The van der Waals surface area contributed by atoms with E-state index in [-0.39, 0.29) is 12.4 Å². The maximum absolute atomic E-state index is 13.3. The zero-order valence-corrected chi connectivity index (χ0v) is 14.5. The Kier molecular flexibility index (Phi) is 5.46. The van der Waals surface area contributed by atoms with Crippen LogP contribution in [-0.2, 0) is 6.61 Å². The summed E-state index contributed by atoms with van der Waals surface area (Å²) in [6.45, 7) is 2.30. The van der Waals surface area contributed by atoms with Crippen LogP contribution in [0.5, 0.6) is 5.75 Å². The second-order valence-electron chi connectivity index (χ2n) is 5.69. The summed E-state index contributed by atoms with van der Waals surface area (Å²) < 4.78 is 19.1. The lowest BCUT2D eigenvalue weighted by Gasteiger charge is -2.10. The van der Waals surface area contributed by atoms with E-state index in [0.29, 0.717) is 10.8 Å². The van der Waals surface area contributed by atoms with Gasteiger partial charge in [-0.15, -0.1) is 0 Å². The fraction of sp³-hybridized carbons (Fsp3) is 0.0952. The number of halogens is 2. The van der Waals surface area contributed by atoms with Gasteiger partial charge in [0.25, 0.3) is 0 Å². The van der Waals surface area contributed by atoms with Crippen LogP contribution in [-0.4, -0.2) is 6.21 Å². The first-order valence-electron chi connectivity index (χ1n) is 7.88. The van der Waals surface area contributed by atoms with Gasteiger partial charge in [0.05, 0.1) is 5.69 Å². The van der Waals surface area contributed by atoms with Crippen LogP contribution in [0.3, 0.4) is 0 Å². The Morgan fingerprint density at radius 3 is 2.60 bits per heavy atom. The number of nitrogens with zero attached hydrogens (tertiary/aromatic N) is 1. The van der Waals surface area contributed by atoms with Crippen molar-refractivity contribution in [1.82, 2.24) is 0 Å². The first kappa shape index (κ1) is 17.2. The van der Waals surface area contributed by atoms with E-state index < -0.39 is 0 Å². The molecule has 0 heterocycles. The van der Waals surface area contributed by atoms with Crippen LogP contribution in [0.4, 0.5) is 10.1 Å². The predicted molar refractivity (Wildman–Crippen MR) is 101 cm³/mol. The quantitative estimate of drug-likeness (QED) is 0.506. The van der Waals surface area contributed by atoms with Crippen LogP contribution >= 0.6 is 11.6 Å². The average molecular weight is 354 g/mol. The smallest absolute Gasteiger partial charge is 0.128 e. The van der Waals surface area contributed by atoms with Crippen molar-refractivity contribution >= 4 is 23.5 Å². The normalized spacial score (nSPS) is 11.0. The molecule has 4 heteroatoms. The molecule has 2 nitrogen and oxygen atoms in total. The fourth-order valence-electron chi connectivity index (χ4n) is 2.31. The minimum atomic E-state index is -0.279. The fourth-order valence-corrected chi connectivity index (χ4v) is 2.49. The Balaban J connectivity index is 1.79. The molecular formula is C21H17ClFNO. The van der Waals surface area contributed by atoms with Crippen molar-refractivity contribution in [1.29, 1.82) is 0 Å². The summed E-state index contributed by atoms with van der Waals surface area (Å²) >= 11 is 6.09. The monoisotopic (exact) mass is 353 g/mol. The van der Waals surface area contributed by atoms with E-state index in [0.717, 1.165) is 16.8 Å². The molecule has 126 valence electrons. The number of rotatable bonds is 5. The molecule has 25 heavy (non-hydrogen) atoms. The number of ether oxygens (including phenoxy) is 1. The lowest BCUT2D eigenvalue weighted by Crippen LogP contribution is -1.99. The second-order valence-corrected chi connectivity index (χ2v) is 6.13. The van der Waals surface area contributed by atoms with Crippen molar-refractivity contribution in [2.75, 3.05) is 0 Å². The van der Waals surface area contributed by atoms with Gasteiger partial charge in [0.1, 0.15) is 18.2 Å². The van der Waals surface area contributed by atoms with Crippen molar-refractivity contribution in [3.63, 3.8) is 0 Å². The maximum atomic E-state index is 13.3. The molecule has 0 aliphatic carbocycles. The predicted octanol–water partition coefficient (Wildman–Crippen LogP) is 6.12.